The molecule has 3 unspecified atom stereocenters. The molecule has 0 saturated heterocycles. The largest absolute Gasteiger partial charge is 0.388 e. The number of rotatable bonds is 3. The lowest BCUT2D eigenvalue weighted by molar-refractivity contribution is -0.0912. The Morgan fingerprint density at radius 3 is 2.67 bits per heavy atom. The minimum absolute atomic E-state index is 0.569. The van der Waals surface area contributed by atoms with Crippen LogP contribution in [0.5, 0.6) is 0 Å². The van der Waals surface area contributed by atoms with E-state index in [-0.39, 0.29) is 0 Å². The van der Waals surface area contributed by atoms with Crippen LogP contribution in [0.3, 0.4) is 0 Å². The molecule has 1 N–H and O–H groups in total. The SMILES string of the molecule is CCC1CCCC(O)(C(C)(C#N)CC)C1. The van der Waals surface area contributed by atoms with Gasteiger partial charge in [0, 0.05) is 0 Å². The fourth-order valence-electron chi connectivity index (χ4n) is 2.73. The van der Waals surface area contributed by atoms with Crippen LogP contribution in [0.4, 0.5) is 0 Å². The third kappa shape index (κ3) is 2.18. The predicted octanol–water partition coefficient (Wildman–Crippen LogP) is 3.26. The molecule has 15 heavy (non-hydrogen) atoms. The smallest absolute Gasteiger partial charge is 0.0833 e. The molecule has 1 rings (SSSR count). The van der Waals surface area contributed by atoms with E-state index in [1.54, 1.807) is 0 Å². The van der Waals surface area contributed by atoms with Crippen LogP contribution in [0.25, 0.3) is 0 Å². The molecule has 0 bridgehead atoms. The maximum Gasteiger partial charge on any atom is 0.0833 e. The second kappa shape index (κ2) is 4.53. The molecular formula is C13H23NO. The summed E-state index contributed by atoms with van der Waals surface area (Å²) in [6, 6.07) is 2.33. The summed E-state index contributed by atoms with van der Waals surface area (Å²) in [6.07, 6.45) is 5.73. The van der Waals surface area contributed by atoms with E-state index in [0.717, 1.165) is 32.1 Å². The highest BCUT2D eigenvalue weighted by Crippen LogP contribution is 2.46. The van der Waals surface area contributed by atoms with Crippen molar-refractivity contribution < 1.29 is 5.11 Å². The van der Waals surface area contributed by atoms with Crippen molar-refractivity contribution in [2.24, 2.45) is 11.3 Å². The fourth-order valence-corrected chi connectivity index (χ4v) is 2.73. The molecule has 0 radical (unpaired) electrons. The fraction of sp³-hybridized carbons (Fsp3) is 0.923. The summed E-state index contributed by atoms with van der Waals surface area (Å²) in [5, 5.41) is 19.9. The molecule has 1 aliphatic rings. The summed E-state index contributed by atoms with van der Waals surface area (Å²) in [5.41, 5.74) is -1.32. The second-order valence-corrected chi connectivity index (χ2v) is 5.20. The van der Waals surface area contributed by atoms with Crippen LogP contribution < -0.4 is 0 Å². The molecule has 0 amide bonds. The predicted molar refractivity (Wildman–Crippen MR) is 61.2 cm³/mol. The van der Waals surface area contributed by atoms with E-state index in [9.17, 15) is 10.4 Å². The molecule has 1 aliphatic carbocycles. The Bertz CT molecular complexity index is 258. The van der Waals surface area contributed by atoms with E-state index < -0.39 is 11.0 Å². The molecule has 2 heteroatoms. The molecule has 86 valence electrons. The van der Waals surface area contributed by atoms with Crippen molar-refractivity contribution in [2.45, 2.75) is 64.9 Å². The van der Waals surface area contributed by atoms with Gasteiger partial charge >= 0.3 is 0 Å². The van der Waals surface area contributed by atoms with Crippen molar-refractivity contribution >= 4 is 0 Å². The quantitative estimate of drug-likeness (QED) is 0.775. The van der Waals surface area contributed by atoms with Crippen molar-refractivity contribution in [3.8, 4) is 6.07 Å². The minimum Gasteiger partial charge on any atom is -0.388 e. The molecule has 0 heterocycles. The molecule has 0 spiro atoms. The van der Waals surface area contributed by atoms with Gasteiger partial charge in [-0.05, 0) is 32.1 Å². The molecule has 1 saturated carbocycles. The van der Waals surface area contributed by atoms with Crippen molar-refractivity contribution in [3.63, 3.8) is 0 Å². The molecule has 0 aliphatic heterocycles. The van der Waals surface area contributed by atoms with Crippen molar-refractivity contribution in [1.82, 2.24) is 0 Å². The van der Waals surface area contributed by atoms with Gasteiger partial charge in [-0.25, -0.2) is 0 Å². The highest BCUT2D eigenvalue weighted by molar-refractivity contribution is 5.10. The Labute approximate surface area is 93.3 Å². The number of aliphatic hydroxyl groups is 1. The third-order valence-corrected chi connectivity index (χ3v) is 4.39. The zero-order valence-electron chi connectivity index (χ0n) is 10.2. The van der Waals surface area contributed by atoms with Gasteiger partial charge < -0.3 is 5.11 Å². The first-order valence-corrected chi connectivity index (χ1v) is 6.15. The highest BCUT2D eigenvalue weighted by Gasteiger charge is 2.48. The summed E-state index contributed by atoms with van der Waals surface area (Å²) in [7, 11) is 0. The summed E-state index contributed by atoms with van der Waals surface area (Å²) >= 11 is 0. The molecule has 0 aromatic rings. The average molecular weight is 209 g/mol. The van der Waals surface area contributed by atoms with Gasteiger partial charge in [-0.1, -0.05) is 33.1 Å². The normalized spacial score (nSPS) is 35.5. The van der Waals surface area contributed by atoms with Gasteiger partial charge in [-0.3, -0.25) is 0 Å². The van der Waals surface area contributed by atoms with Crippen molar-refractivity contribution in [2.75, 3.05) is 0 Å². The molecule has 0 aromatic heterocycles. The molecule has 2 nitrogen and oxygen atoms in total. The van der Waals surface area contributed by atoms with Gasteiger partial charge in [0.05, 0.1) is 17.1 Å². The maximum absolute atomic E-state index is 10.7. The highest BCUT2D eigenvalue weighted by atomic mass is 16.3. The average Bonchev–Trinajstić information content (AvgIpc) is 2.27. The van der Waals surface area contributed by atoms with Gasteiger partial charge in [0.25, 0.3) is 0 Å². The topological polar surface area (TPSA) is 44.0 Å². The Morgan fingerprint density at radius 1 is 1.53 bits per heavy atom. The lowest BCUT2D eigenvalue weighted by atomic mass is 9.63. The van der Waals surface area contributed by atoms with Crippen LogP contribution in [0.2, 0.25) is 0 Å². The second-order valence-electron chi connectivity index (χ2n) is 5.20. The molecular weight excluding hydrogens is 186 g/mol. The van der Waals surface area contributed by atoms with Crippen molar-refractivity contribution in [3.05, 3.63) is 0 Å². The third-order valence-electron chi connectivity index (χ3n) is 4.39. The van der Waals surface area contributed by atoms with E-state index in [0.29, 0.717) is 5.92 Å². The van der Waals surface area contributed by atoms with Crippen LogP contribution in [0.15, 0.2) is 0 Å². The van der Waals surface area contributed by atoms with E-state index >= 15 is 0 Å². The lowest BCUT2D eigenvalue weighted by Crippen LogP contribution is -2.48. The molecule has 1 fully saturated rings. The van der Waals surface area contributed by atoms with Crippen LogP contribution in [-0.2, 0) is 0 Å². The van der Waals surface area contributed by atoms with Gasteiger partial charge in [-0.2, -0.15) is 5.26 Å². The molecule has 0 aromatic carbocycles. The van der Waals surface area contributed by atoms with Crippen molar-refractivity contribution in [1.29, 1.82) is 5.26 Å². The first-order chi connectivity index (χ1) is 7.01. The standard InChI is InChI=1S/C13H23NO/c1-4-11-7-6-8-13(15,9-11)12(3,5-2)10-14/h11,15H,4-9H2,1-3H3. The number of hydrogen-bond acceptors (Lipinski definition) is 2. The van der Waals surface area contributed by atoms with E-state index in [1.807, 2.05) is 13.8 Å². The number of nitriles is 1. The summed E-state index contributed by atoms with van der Waals surface area (Å²) in [4.78, 5) is 0. The lowest BCUT2D eigenvalue weighted by Gasteiger charge is -2.45. The summed E-state index contributed by atoms with van der Waals surface area (Å²) in [6.45, 7) is 6.08. The van der Waals surface area contributed by atoms with Gasteiger partial charge in [-0.15, -0.1) is 0 Å². The Morgan fingerprint density at radius 2 is 2.20 bits per heavy atom. The molecule has 3 atom stereocenters. The zero-order valence-corrected chi connectivity index (χ0v) is 10.2. The van der Waals surface area contributed by atoms with E-state index in [4.69, 9.17) is 0 Å². The van der Waals surface area contributed by atoms with Crippen LogP contribution in [-0.4, -0.2) is 10.7 Å². The van der Waals surface area contributed by atoms with Crippen LogP contribution >= 0.6 is 0 Å². The first kappa shape index (κ1) is 12.5. The first-order valence-electron chi connectivity index (χ1n) is 6.15. The minimum atomic E-state index is -0.755. The Kier molecular flexibility index (Phi) is 3.78. The van der Waals surface area contributed by atoms with Crippen LogP contribution in [0, 0.1) is 22.7 Å². The van der Waals surface area contributed by atoms with Crippen LogP contribution in [0.1, 0.15) is 59.3 Å². The Balaban J connectivity index is 2.86. The van der Waals surface area contributed by atoms with Gasteiger partial charge in [0.2, 0.25) is 0 Å². The maximum atomic E-state index is 10.7. The Hall–Kier alpha value is -0.550. The van der Waals surface area contributed by atoms with E-state index in [2.05, 4.69) is 13.0 Å². The van der Waals surface area contributed by atoms with Gasteiger partial charge in [0.15, 0.2) is 0 Å². The summed E-state index contributed by atoms with van der Waals surface area (Å²) in [5.74, 6) is 0.600. The number of hydrogen-bond donors (Lipinski definition) is 1. The zero-order chi connectivity index (χ0) is 11.5. The van der Waals surface area contributed by atoms with E-state index in [1.165, 1.54) is 6.42 Å². The van der Waals surface area contributed by atoms with Gasteiger partial charge in [0.1, 0.15) is 0 Å². The summed E-state index contributed by atoms with van der Waals surface area (Å²) < 4.78 is 0. The monoisotopic (exact) mass is 209 g/mol. The number of nitrogens with zero attached hydrogens (tertiary/aromatic N) is 1.